The number of aliphatic hydroxyl groups excluding tert-OH is 1. The number of rotatable bonds is 6. The van der Waals surface area contributed by atoms with Crippen molar-refractivity contribution >= 4 is 12.0 Å². The molecule has 1 saturated carbocycles. The van der Waals surface area contributed by atoms with Gasteiger partial charge in [-0.1, -0.05) is 13.8 Å². The van der Waals surface area contributed by atoms with Gasteiger partial charge >= 0.3 is 12.0 Å². The van der Waals surface area contributed by atoms with Gasteiger partial charge in [0.2, 0.25) is 0 Å². The maximum atomic E-state index is 11.6. The molecule has 0 bridgehead atoms. The highest BCUT2D eigenvalue weighted by atomic mass is 16.4. The van der Waals surface area contributed by atoms with Crippen LogP contribution in [0.25, 0.3) is 0 Å². The average molecular weight is 258 g/mol. The molecule has 2 atom stereocenters. The molecule has 6 nitrogen and oxygen atoms in total. The minimum atomic E-state index is -1.28. The molecule has 104 valence electrons. The molecule has 6 heteroatoms. The van der Waals surface area contributed by atoms with Gasteiger partial charge in [0.25, 0.3) is 0 Å². The molecule has 1 aliphatic rings. The number of carboxylic acid groups (broad SMARTS) is 1. The number of aliphatic carboxylic acids is 1. The van der Waals surface area contributed by atoms with Crippen LogP contribution >= 0.6 is 0 Å². The van der Waals surface area contributed by atoms with E-state index in [1.165, 1.54) is 6.92 Å². The van der Waals surface area contributed by atoms with E-state index in [0.717, 1.165) is 12.8 Å². The molecular formula is C12H22N2O4. The largest absolute Gasteiger partial charge is 0.480 e. The Kier molecular flexibility index (Phi) is 4.56. The van der Waals surface area contributed by atoms with E-state index in [2.05, 4.69) is 24.5 Å². The molecule has 0 aromatic heterocycles. The number of hydrogen-bond acceptors (Lipinski definition) is 3. The van der Waals surface area contributed by atoms with Gasteiger partial charge in [0, 0.05) is 6.54 Å². The van der Waals surface area contributed by atoms with Gasteiger partial charge in [-0.15, -0.1) is 0 Å². The lowest BCUT2D eigenvalue weighted by Gasteiger charge is -2.22. The number of urea groups is 1. The number of carboxylic acids is 1. The van der Waals surface area contributed by atoms with Crippen LogP contribution in [0.15, 0.2) is 0 Å². The maximum Gasteiger partial charge on any atom is 0.328 e. The Labute approximate surface area is 107 Å². The van der Waals surface area contributed by atoms with E-state index < -0.39 is 24.1 Å². The third-order valence-electron chi connectivity index (χ3n) is 3.75. The maximum absolute atomic E-state index is 11.6. The fourth-order valence-corrected chi connectivity index (χ4v) is 1.96. The summed E-state index contributed by atoms with van der Waals surface area (Å²) in [5.74, 6) is -0.755. The van der Waals surface area contributed by atoms with Gasteiger partial charge in [0.15, 0.2) is 6.04 Å². The monoisotopic (exact) mass is 258 g/mol. The summed E-state index contributed by atoms with van der Waals surface area (Å²) >= 11 is 0. The topological polar surface area (TPSA) is 98.7 Å². The predicted octanol–water partition coefficient (Wildman–Crippen LogP) is 0.556. The van der Waals surface area contributed by atoms with Crippen LogP contribution in [0.1, 0.15) is 33.6 Å². The third kappa shape index (κ3) is 3.60. The van der Waals surface area contributed by atoms with Crippen molar-refractivity contribution in [3.8, 4) is 0 Å². The summed E-state index contributed by atoms with van der Waals surface area (Å²) < 4.78 is 0. The lowest BCUT2D eigenvalue weighted by atomic mass is 9.92. The van der Waals surface area contributed by atoms with Crippen LogP contribution in [0.5, 0.6) is 0 Å². The first-order valence-electron chi connectivity index (χ1n) is 6.24. The second kappa shape index (κ2) is 5.56. The number of carbonyl (C=O) groups is 2. The summed E-state index contributed by atoms with van der Waals surface area (Å²) in [6.07, 6.45) is 1.04. The molecule has 1 fully saturated rings. The minimum absolute atomic E-state index is 0.168. The van der Waals surface area contributed by atoms with Crippen molar-refractivity contribution in [1.29, 1.82) is 0 Å². The molecule has 2 amide bonds. The van der Waals surface area contributed by atoms with E-state index >= 15 is 0 Å². The van der Waals surface area contributed by atoms with Gasteiger partial charge in [0.1, 0.15) is 0 Å². The van der Waals surface area contributed by atoms with Crippen LogP contribution in [0, 0.1) is 11.3 Å². The number of carbonyl (C=O) groups excluding carboxylic acids is 1. The van der Waals surface area contributed by atoms with Crippen molar-refractivity contribution in [1.82, 2.24) is 10.6 Å². The molecule has 0 aromatic carbocycles. The van der Waals surface area contributed by atoms with Gasteiger partial charge in [-0.25, -0.2) is 9.59 Å². The lowest BCUT2D eigenvalue weighted by molar-refractivity contribution is -0.141. The highest BCUT2D eigenvalue weighted by molar-refractivity contribution is 5.82. The van der Waals surface area contributed by atoms with Crippen LogP contribution in [0.4, 0.5) is 4.79 Å². The van der Waals surface area contributed by atoms with Crippen molar-refractivity contribution in [2.75, 3.05) is 6.54 Å². The van der Waals surface area contributed by atoms with Crippen LogP contribution in [-0.2, 0) is 4.79 Å². The Morgan fingerprint density at radius 2 is 1.83 bits per heavy atom. The third-order valence-corrected chi connectivity index (χ3v) is 3.75. The van der Waals surface area contributed by atoms with Crippen molar-refractivity contribution < 1.29 is 19.8 Å². The fraction of sp³-hybridized carbons (Fsp3) is 0.833. The zero-order valence-corrected chi connectivity index (χ0v) is 11.1. The second-order valence-corrected chi connectivity index (χ2v) is 5.40. The van der Waals surface area contributed by atoms with Crippen LogP contribution in [0.3, 0.4) is 0 Å². The summed E-state index contributed by atoms with van der Waals surface area (Å²) in [4.78, 5) is 22.4. The Bertz CT molecular complexity index is 324. The number of nitrogens with one attached hydrogen (secondary N) is 2. The molecule has 18 heavy (non-hydrogen) atoms. The van der Waals surface area contributed by atoms with Crippen molar-refractivity contribution in [2.24, 2.45) is 11.3 Å². The first-order chi connectivity index (χ1) is 8.28. The molecule has 1 aliphatic carbocycles. The Balaban J connectivity index is 2.40. The Morgan fingerprint density at radius 3 is 2.17 bits per heavy atom. The molecule has 0 unspecified atom stereocenters. The standard InChI is InChI=1S/C12H22N2O4/c1-7(2)12(4-5-12)6-13-11(18)14-9(8(3)15)10(16)17/h7-9,15H,4-6H2,1-3H3,(H,16,17)(H2,13,14,18)/t8-,9+/m1/s1. The normalized spacial score (nSPS) is 20.1. The zero-order chi connectivity index (χ0) is 13.9. The van der Waals surface area contributed by atoms with Crippen LogP contribution < -0.4 is 10.6 Å². The van der Waals surface area contributed by atoms with Crippen LogP contribution in [0.2, 0.25) is 0 Å². The van der Waals surface area contributed by atoms with E-state index in [1.807, 2.05) is 0 Å². The molecule has 0 heterocycles. The summed E-state index contributed by atoms with van der Waals surface area (Å²) in [5, 5.41) is 23.0. The lowest BCUT2D eigenvalue weighted by Crippen LogP contribution is -2.52. The number of hydrogen-bond donors (Lipinski definition) is 4. The Morgan fingerprint density at radius 1 is 1.28 bits per heavy atom. The highest BCUT2D eigenvalue weighted by Gasteiger charge is 2.45. The van der Waals surface area contributed by atoms with Crippen molar-refractivity contribution in [3.63, 3.8) is 0 Å². The van der Waals surface area contributed by atoms with Gasteiger partial charge in [-0.05, 0) is 31.1 Å². The van der Waals surface area contributed by atoms with E-state index in [1.54, 1.807) is 0 Å². The van der Waals surface area contributed by atoms with Gasteiger partial charge in [0.05, 0.1) is 6.10 Å². The zero-order valence-electron chi connectivity index (χ0n) is 11.1. The molecule has 1 rings (SSSR count). The smallest absolute Gasteiger partial charge is 0.328 e. The molecular weight excluding hydrogens is 236 g/mol. The Hall–Kier alpha value is -1.30. The molecule has 0 spiro atoms. The summed E-state index contributed by atoms with van der Waals surface area (Å²) in [7, 11) is 0. The van der Waals surface area contributed by atoms with E-state index in [0.29, 0.717) is 12.5 Å². The number of aliphatic hydroxyl groups is 1. The SMILES string of the molecule is CC(C)C1(CNC(=O)N[C@H](C(=O)O)[C@@H](C)O)CC1. The number of amides is 2. The quantitative estimate of drug-likeness (QED) is 0.559. The summed E-state index contributed by atoms with van der Waals surface area (Å²) in [5.41, 5.74) is 0.168. The van der Waals surface area contributed by atoms with E-state index in [9.17, 15) is 14.7 Å². The minimum Gasteiger partial charge on any atom is -0.480 e. The molecule has 0 saturated heterocycles. The summed E-state index contributed by atoms with van der Waals surface area (Å²) in [6, 6.07) is -1.82. The van der Waals surface area contributed by atoms with Crippen LogP contribution in [-0.4, -0.2) is 40.9 Å². The van der Waals surface area contributed by atoms with Crippen molar-refractivity contribution in [2.45, 2.75) is 45.8 Å². The molecule has 0 aliphatic heterocycles. The molecule has 0 aromatic rings. The summed E-state index contributed by atoms with van der Waals surface area (Å²) in [6.45, 7) is 6.10. The van der Waals surface area contributed by atoms with Gasteiger partial charge < -0.3 is 20.8 Å². The average Bonchev–Trinajstić information content (AvgIpc) is 3.03. The predicted molar refractivity (Wildman–Crippen MR) is 66.1 cm³/mol. The fourth-order valence-electron chi connectivity index (χ4n) is 1.96. The second-order valence-electron chi connectivity index (χ2n) is 5.40. The van der Waals surface area contributed by atoms with Gasteiger partial charge in [-0.3, -0.25) is 0 Å². The van der Waals surface area contributed by atoms with E-state index in [4.69, 9.17) is 5.11 Å². The van der Waals surface area contributed by atoms with E-state index in [-0.39, 0.29) is 5.41 Å². The molecule has 4 N–H and O–H groups in total. The highest BCUT2D eigenvalue weighted by Crippen LogP contribution is 2.51. The first-order valence-corrected chi connectivity index (χ1v) is 6.24. The first kappa shape index (κ1) is 14.8. The van der Waals surface area contributed by atoms with Crippen molar-refractivity contribution in [3.05, 3.63) is 0 Å². The molecule has 0 radical (unpaired) electrons. The van der Waals surface area contributed by atoms with Gasteiger partial charge in [-0.2, -0.15) is 0 Å².